The number of nitrogens with one attached hydrogen (secondary N) is 1. The standard InChI is InChI=1S/C17H17NS/c1-12-10-13(11-18-2)6-7-15(12)16-5-3-4-14-8-9-19-17(14)16/h3-10,18H,11H2,1-2H3. The van der Waals surface area contributed by atoms with E-state index < -0.39 is 0 Å². The number of benzene rings is 2. The highest BCUT2D eigenvalue weighted by molar-refractivity contribution is 7.17. The van der Waals surface area contributed by atoms with E-state index in [1.54, 1.807) is 0 Å². The Morgan fingerprint density at radius 3 is 2.74 bits per heavy atom. The molecule has 0 aliphatic carbocycles. The first-order valence-corrected chi connectivity index (χ1v) is 7.38. The first-order valence-electron chi connectivity index (χ1n) is 6.50. The van der Waals surface area contributed by atoms with E-state index in [-0.39, 0.29) is 0 Å². The van der Waals surface area contributed by atoms with Gasteiger partial charge in [0, 0.05) is 11.2 Å². The van der Waals surface area contributed by atoms with Crippen LogP contribution < -0.4 is 5.32 Å². The van der Waals surface area contributed by atoms with Crippen molar-refractivity contribution in [3.05, 3.63) is 59.0 Å². The summed E-state index contributed by atoms with van der Waals surface area (Å²) in [4.78, 5) is 0. The minimum Gasteiger partial charge on any atom is -0.316 e. The molecule has 1 heterocycles. The van der Waals surface area contributed by atoms with Gasteiger partial charge in [-0.25, -0.2) is 0 Å². The molecule has 0 saturated heterocycles. The summed E-state index contributed by atoms with van der Waals surface area (Å²) in [6, 6.07) is 15.5. The maximum atomic E-state index is 3.20. The summed E-state index contributed by atoms with van der Waals surface area (Å²) >= 11 is 1.82. The van der Waals surface area contributed by atoms with Gasteiger partial charge in [-0.15, -0.1) is 11.3 Å². The largest absolute Gasteiger partial charge is 0.316 e. The zero-order chi connectivity index (χ0) is 13.2. The molecule has 0 amide bonds. The molecule has 0 radical (unpaired) electrons. The van der Waals surface area contributed by atoms with Crippen LogP contribution in [0, 0.1) is 6.92 Å². The minimum absolute atomic E-state index is 0.921. The molecule has 2 aromatic carbocycles. The third-order valence-corrected chi connectivity index (χ3v) is 4.40. The van der Waals surface area contributed by atoms with Gasteiger partial charge in [-0.2, -0.15) is 0 Å². The Kier molecular flexibility index (Phi) is 3.36. The van der Waals surface area contributed by atoms with Crippen LogP contribution in [0.4, 0.5) is 0 Å². The lowest BCUT2D eigenvalue weighted by molar-refractivity contribution is 0.817. The van der Waals surface area contributed by atoms with E-state index in [1.165, 1.54) is 32.3 Å². The van der Waals surface area contributed by atoms with Crippen LogP contribution in [-0.4, -0.2) is 7.05 Å². The molecule has 0 atom stereocenters. The summed E-state index contributed by atoms with van der Waals surface area (Å²) in [5.74, 6) is 0. The normalized spacial score (nSPS) is 11.1. The molecule has 0 aliphatic heterocycles. The SMILES string of the molecule is CNCc1ccc(-c2cccc3ccsc23)c(C)c1. The van der Waals surface area contributed by atoms with E-state index in [0.29, 0.717) is 0 Å². The quantitative estimate of drug-likeness (QED) is 0.731. The van der Waals surface area contributed by atoms with Gasteiger partial charge in [-0.3, -0.25) is 0 Å². The molecule has 96 valence electrons. The molecular formula is C17H17NS. The molecular weight excluding hydrogens is 250 g/mol. The predicted octanol–water partition coefficient (Wildman–Crippen LogP) is 4.60. The van der Waals surface area contributed by atoms with Gasteiger partial charge >= 0.3 is 0 Å². The molecule has 3 rings (SSSR count). The summed E-state index contributed by atoms with van der Waals surface area (Å²) in [7, 11) is 1.98. The second-order valence-corrected chi connectivity index (χ2v) is 5.74. The van der Waals surface area contributed by atoms with Crippen LogP contribution >= 0.6 is 11.3 Å². The fourth-order valence-corrected chi connectivity index (χ4v) is 3.48. The number of rotatable bonds is 3. The number of thiophene rings is 1. The van der Waals surface area contributed by atoms with Gasteiger partial charge in [0.15, 0.2) is 0 Å². The summed E-state index contributed by atoms with van der Waals surface area (Å²) in [6.07, 6.45) is 0. The van der Waals surface area contributed by atoms with Crippen LogP contribution in [0.25, 0.3) is 21.2 Å². The molecule has 0 spiro atoms. The van der Waals surface area contributed by atoms with Gasteiger partial charge < -0.3 is 5.32 Å². The predicted molar refractivity (Wildman–Crippen MR) is 84.8 cm³/mol. The molecule has 19 heavy (non-hydrogen) atoms. The molecule has 0 saturated carbocycles. The first kappa shape index (κ1) is 12.4. The van der Waals surface area contributed by atoms with Crippen LogP contribution in [0.1, 0.15) is 11.1 Å². The summed E-state index contributed by atoms with van der Waals surface area (Å²) < 4.78 is 1.38. The van der Waals surface area contributed by atoms with Gasteiger partial charge in [-0.05, 0) is 53.1 Å². The molecule has 3 aromatic rings. The van der Waals surface area contributed by atoms with Gasteiger partial charge in [-0.1, -0.05) is 36.4 Å². The summed E-state index contributed by atoms with van der Waals surface area (Å²) in [5, 5.41) is 6.70. The van der Waals surface area contributed by atoms with Crippen molar-refractivity contribution in [2.45, 2.75) is 13.5 Å². The van der Waals surface area contributed by atoms with Crippen molar-refractivity contribution < 1.29 is 0 Å². The Labute approximate surface area is 117 Å². The monoisotopic (exact) mass is 267 g/mol. The van der Waals surface area contributed by atoms with Crippen molar-refractivity contribution in [1.29, 1.82) is 0 Å². The highest BCUT2D eigenvalue weighted by atomic mass is 32.1. The van der Waals surface area contributed by atoms with E-state index in [0.717, 1.165) is 6.54 Å². The molecule has 0 aliphatic rings. The molecule has 0 unspecified atom stereocenters. The van der Waals surface area contributed by atoms with Gasteiger partial charge in [0.2, 0.25) is 0 Å². The van der Waals surface area contributed by atoms with Crippen LogP contribution in [0.15, 0.2) is 47.8 Å². The first-order chi connectivity index (χ1) is 9.29. The second-order valence-electron chi connectivity index (χ2n) is 4.82. The second kappa shape index (κ2) is 5.16. The minimum atomic E-state index is 0.921. The van der Waals surface area contributed by atoms with Crippen molar-refractivity contribution in [2.24, 2.45) is 0 Å². The Morgan fingerprint density at radius 1 is 1.05 bits per heavy atom. The Bertz CT molecular complexity index is 712. The lowest BCUT2D eigenvalue weighted by atomic mass is 9.97. The molecule has 1 N–H and O–H groups in total. The van der Waals surface area contributed by atoms with Gasteiger partial charge in [0.1, 0.15) is 0 Å². The van der Waals surface area contributed by atoms with E-state index in [1.807, 2.05) is 18.4 Å². The maximum Gasteiger partial charge on any atom is 0.0421 e. The highest BCUT2D eigenvalue weighted by Crippen LogP contribution is 2.34. The van der Waals surface area contributed by atoms with Crippen molar-refractivity contribution in [2.75, 3.05) is 7.05 Å². The van der Waals surface area contributed by atoms with Crippen molar-refractivity contribution in [3.8, 4) is 11.1 Å². The fraction of sp³-hybridized carbons (Fsp3) is 0.176. The lowest BCUT2D eigenvalue weighted by Gasteiger charge is -2.10. The number of hydrogen-bond acceptors (Lipinski definition) is 2. The smallest absolute Gasteiger partial charge is 0.0421 e. The van der Waals surface area contributed by atoms with Crippen LogP contribution in [0.3, 0.4) is 0 Å². The van der Waals surface area contributed by atoms with Crippen molar-refractivity contribution in [3.63, 3.8) is 0 Å². The average Bonchev–Trinajstić information content (AvgIpc) is 2.88. The van der Waals surface area contributed by atoms with Crippen LogP contribution in [0.5, 0.6) is 0 Å². The highest BCUT2D eigenvalue weighted by Gasteiger charge is 2.07. The zero-order valence-corrected chi connectivity index (χ0v) is 12.1. The summed E-state index contributed by atoms with van der Waals surface area (Å²) in [6.45, 7) is 3.12. The number of fused-ring (bicyclic) bond motifs is 1. The topological polar surface area (TPSA) is 12.0 Å². The molecule has 1 nitrogen and oxygen atoms in total. The maximum absolute atomic E-state index is 3.20. The van der Waals surface area contributed by atoms with E-state index in [4.69, 9.17) is 0 Å². The van der Waals surface area contributed by atoms with E-state index in [2.05, 4.69) is 60.1 Å². The Morgan fingerprint density at radius 2 is 1.95 bits per heavy atom. The third-order valence-electron chi connectivity index (χ3n) is 3.44. The Hall–Kier alpha value is -1.64. The molecule has 0 fully saturated rings. The molecule has 2 heteroatoms. The van der Waals surface area contributed by atoms with Crippen LogP contribution in [0.2, 0.25) is 0 Å². The lowest BCUT2D eigenvalue weighted by Crippen LogP contribution is -2.05. The van der Waals surface area contributed by atoms with Gasteiger partial charge in [0.05, 0.1) is 0 Å². The van der Waals surface area contributed by atoms with E-state index in [9.17, 15) is 0 Å². The third kappa shape index (κ3) is 2.29. The van der Waals surface area contributed by atoms with Crippen molar-refractivity contribution in [1.82, 2.24) is 5.32 Å². The molecule has 0 bridgehead atoms. The fourth-order valence-electron chi connectivity index (χ4n) is 2.55. The zero-order valence-electron chi connectivity index (χ0n) is 11.2. The number of aryl methyl sites for hydroxylation is 1. The number of hydrogen-bond donors (Lipinski definition) is 1. The summed E-state index contributed by atoms with van der Waals surface area (Å²) in [5.41, 5.74) is 5.37. The Balaban J connectivity index is 2.13. The molecule has 1 aromatic heterocycles. The van der Waals surface area contributed by atoms with Crippen LogP contribution in [-0.2, 0) is 6.54 Å². The van der Waals surface area contributed by atoms with Crippen molar-refractivity contribution >= 4 is 21.4 Å². The average molecular weight is 267 g/mol. The van der Waals surface area contributed by atoms with Gasteiger partial charge in [0.25, 0.3) is 0 Å². The van der Waals surface area contributed by atoms with E-state index >= 15 is 0 Å².